The molecule has 12 heteroatoms. The number of ether oxygens (including phenoxy) is 1. The lowest BCUT2D eigenvalue weighted by molar-refractivity contribution is -0.0521. The molecule has 0 spiro atoms. The Balaban J connectivity index is 2.00. The van der Waals surface area contributed by atoms with Gasteiger partial charge in [0.15, 0.2) is 11.6 Å². The molecule has 0 fully saturated rings. The minimum atomic E-state index is -4.17. The van der Waals surface area contributed by atoms with Gasteiger partial charge >= 0.3 is 6.61 Å². The molecule has 1 heterocycles. The van der Waals surface area contributed by atoms with Gasteiger partial charge in [0.2, 0.25) is 10.0 Å². The first kappa shape index (κ1) is 22.4. The quantitative estimate of drug-likeness (QED) is 0.550. The maximum absolute atomic E-state index is 13.8. The van der Waals surface area contributed by atoms with Gasteiger partial charge in [0.1, 0.15) is 11.5 Å². The first-order valence-corrected chi connectivity index (χ1v) is 10.4. The Labute approximate surface area is 174 Å². The molecule has 0 aliphatic carbocycles. The topological polar surface area (TPSA) is 82.3 Å². The summed E-state index contributed by atoms with van der Waals surface area (Å²) in [6.07, 6.45) is 0. The van der Waals surface area contributed by atoms with Crippen molar-refractivity contribution in [2.24, 2.45) is 7.05 Å². The van der Waals surface area contributed by atoms with Gasteiger partial charge in [0.05, 0.1) is 17.1 Å². The van der Waals surface area contributed by atoms with Gasteiger partial charge in [-0.25, -0.2) is 21.9 Å². The molecule has 0 saturated heterocycles. The lowest BCUT2D eigenvalue weighted by Crippen LogP contribution is -2.24. The van der Waals surface area contributed by atoms with Crippen LogP contribution in [0.15, 0.2) is 47.3 Å². The van der Waals surface area contributed by atoms with E-state index >= 15 is 0 Å². The fraction of sp³-hybridized carbons (Fsp3) is 0.211. The monoisotopic (exact) mass is 459 g/mol. The van der Waals surface area contributed by atoms with E-state index < -0.39 is 45.3 Å². The van der Waals surface area contributed by atoms with E-state index in [1.54, 1.807) is 0 Å². The van der Waals surface area contributed by atoms with Crippen molar-refractivity contribution in [2.75, 3.05) is 4.72 Å². The van der Waals surface area contributed by atoms with Crippen molar-refractivity contribution >= 4 is 15.7 Å². The van der Waals surface area contributed by atoms with Crippen molar-refractivity contribution in [3.63, 3.8) is 0 Å². The molecular formula is C19H17F4N3O4S. The molecule has 0 aliphatic heterocycles. The van der Waals surface area contributed by atoms with Gasteiger partial charge in [-0.15, -0.1) is 0 Å². The first-order valence-electron chi connectivity index (χ1n) is 8.77. The molecule has 0 atom stereocenters. The van der Waals surface area contributed by atoms with Gasteiger partial charge in [0, 0.05) is 18.7 Å². The van der Waals surface area contributed by atoms with Crippen LogP contribution < -0.4 is 15.0 Å². The van der Waals surface area contributed by atoms with Gasteiger partial charge in [0.25, 0.3) is 5.56 Å². The highest BCUT2D eigenvalue weighted by atomic mass is 32.2. The Kier molecular flexibility index (Phi) is 6.11. The van der Waals surface area contributed by atoms with Crippen LogP contribution in [-0.4, -0.2) is 24.4 Å². The minimum absolute atomic E-state index is 0.0350. The van der Waals surface area contributed by atoms with Crippen molar-refractivity contribution < 1.29 is 30.7 Å². The van der Waals surface area contributed by atoms with Crippen LogP contribution in [0.1, 0.15) is 11.3 Å². The fourth-order valence-electron chi connectivity index (χ4n) is 2.94. The summed E-state index contributed by atoms with van der Waals surface area (Å²) in [6, 6.07) is 8.17. The third-order valence-electron chi connectivity index (χ3n) is 4.49. The zero-order chi connectivity index (χ0) is 22.9. The third kappa shape index (κ3) is 4.74. The largest absolute Gasteiger partial charge is 0.432 e. The molecule has 7 nitrogen and oxygen atoms in total. The molecule has 0 bridgehead atoms. The van der Waals surface area contributed by atoms with Crippen molar-refractivity contribution in [2.45, 2.75) is 19.3 Å². The number of nitrogens with one attached hydrogen (secondary N) is 1. The van der Waals surface area contributed by atoms with Crippen LogP contribution in [0.4, 0.5) is 23.2 Å². The Bertz CT molecular complexity index is 1290. The van der Waals surface area contributed by atoms with Crippen molar-refractivity contribution in [1.29, 1.82) is 0 Å². The van der Waals surface area contributed by atoms with Crippen LogP contribution in [-0.2, 0) is 22.8 Å². The number of rotatable bonds is 7. The number of hydrogen-bond acceptors (Lipinski definition) is 4. The Hall–Kier alpha value is -3.28. The molecule has 3 aromatic rings. The van der Waals surface area contributed by atoms with E-state index in [0.29, 0.717) is 0 Å². The van der Waals surface area contributed by atoms with E-state index in [-0.39, 0.29) is 22.6 Å². The van der Waals surface area contributed by atoms with Gasteiger partial charge in [-0.1, -0.05) is 18.2 Å². The van der Waals surface area contributed by atoms with Crippen molar-refractivity contribution in [1.82, 2.24) is 9.36 Å². The normalized spacial score (nSPS) is 11.7. The predicted octanol–water partition coefficient (Wildman–Crippen LogP) is 3.31. The zero-order valence-electron chi connectivity index (χ0n) is 16.3. The minimum Gasteiger partial charge on any atom is -0.432 e. The number of nitrogens with zero attached hydrogens (tertiary/aromatic N) is 2. The highest BCUT2D eigenvalue weighted by molar-refractivity contribution is 7.91. The molecule has 0 aliphatic rings. The van der Waals surface area contributed by atoms with Crippen LogP contribution >= 0.6 is 0 Å². The number of hydrogen-bond donors (Lipinski definition) is 1. The Morgan fingerprint density at radius 2 is 1.77 bits per heavy atom. The summed E-state index contributed by atoms with van der Waals surface area (Å²) < 4.78 is 86.0. The molecular weight excluding hydrogens is 442 g/mol. The van der Waals surface area contributed by atoms with Gasteiger partial charge < -0.3 is 4.74 Å². The second-order valence-corrected chi connectivity index (χ2v) is 8.27. The maximum atomic E-state index is 13.8. The highest BCUT2D eigenvalue weighted by Gasteiger charge is 2.23. The number of halogens is 4. The average Bonchev–Trinajstić information content (AvgIpc) is 2.88. The molecule has 1 N–H and O–H groups in total. The summed E-state index contributed by atoms with van der Waals surface area (Å²) in [6.45, 7) is -1.84. The van der Waals surface area contributed by atoms with Gasteiger partial charge in [-0.3, -0.25) is 14.2 Å². The zero-order valence-corrected chi connectivity index (χ0v) is 17.1. The Morgan fingerprint density at radius 3 is 2.42 bits per heavy atom. The summed E-state index contributed by atoms with van der Waals surface area (Å²) >= 11 is 0. The molecule has 0 amide bonds. The summed E-state index contributed by atoms with van der Waals surface area (Å²) in [7, 11) is -2.75. The number of alkyl halides is 2. The van der Waals surface area contributed by atoms with Crippen LogP contribution in [0.25, 0.3) is 5.69 Å². The molecule has 166 valence electrons. The number of sulfonamides is 1. The summed E-state index contributed by atoms with van der Waals surface area (Å²) in [5.41, 5.74) is -1.10. The highest BCUT2D eigenvalue weighted by Crippen LogP contribution is 2.24. The van der Waals surface area contributed by atoms with Crippen LogP contribution in [0.5, 0.6) is 5.75 Å². The predicted molar refractivity (Wildman–Crippen MR) is 105 cm³/mol. The molecule has 0 radical (unpaired) electrons. The average molecular weight is 459 g/mol. The molecule has 0 saturated carbocycles. The van der Waals surface area contributed by atoms with Crippen molar-refractivity contribution in [3.05, 3.63) is 75.7 Å². The van der Waals surface area contributed by atoms with E-state index in [2.05, 4.69) is 9.46 Å². The van der Waals surface area contributed by atoms with E-state index in [1.807, 2.05) is 0 Å². The van der Waals surface area contributed by atoms with Crippen molar-refractivity contribution in [3.8, 4) is 11.4 Å². The number of benzene rings is 2. The number of anilines is 1. The fourth-order valence-corrected chi connectivity index (χ4v) is 4.20. The summed E-state index contributed by atoms with van der Waals surface area (Å²) in [5, 5.41) is 0. The SMILES string of the molecule is Cc1c(NS(=O)(=O)Cc2ccccc2F)c(=O)n(-c2ccc(F)c(OC(F)F)c2)n1C. The Morgan fingerprint density at radius 1 is 1.10 bits per heavy atom. The van der Waals surface area contributed by atoms with E-state index in [9.17, 15) is 30.8 Å². The first-order chi connectivity index (χ1) is 14.5. The second-order valence-electron chi connectivity index (χ2n) is 6.55. The third-order valence-corrected chi connectivity index (χ3v) is 5.70. The molecule has 3 rings (SSSR count). The summed E-state index contributed by atoms with van der Waals surface area (Å²) in [5.74, 6) is -3.27. The molecule has 2 aromatic carbocycles. The second kappa shape index (κ2) is 8.46. The molecule has 1 aromatic heterocycles. The lowest BCUT2D eigenvalue weighted by atomic mass is 10.2. The standard InChI is InChI=1S/C19H17F4N3O4S/c1-11-17(24-31(28,29)10-12-5-3-4-6-14(12)20)18(27)26(25(11)2)13-7-8-15(21)16(9-13)30-19(22)23/h3-9,19,24H,10H2,1-2H3. The van der Waals surface area contributed by atoms with Crippen LogP contribution in [0, 0.1) is 18.6 Å². The van der Waals surface area contributed by atoms with Crippen LogP contribution in [0.2, 0.25) is 0 Å². The lowest BCUT2D eigenvalue weighted by Gasteiger charge is -2.11. The number of aromatic nitrogens is 2. The molecule has 31 heavy (non-hydrogen) atoms. The maximum Gasteiger partial charge on any atom is 0.387 e. The van der Waals surface area contributed by atoms with Gasteiger partial charge in [-0.05, 0) is 25.1 Å². The summed E-state index contributed by atoms with van der Waals surface area (Å²) in [4.78, 5) is 12.9. The van der Waals surface area contributed by atoms with E-state index in [1.165, 1.54) is 36.9 Å². The van der Waals surface area contributed by atoms with E-state index in [4.69, 9.17) is 0 Å². The molecule has 0 unspecified atom stereocenters. The smallest absolute Gasteiger partial charge is 0.387 e. The van der Waals surface area contributed by atoms with E-state index in [0.717, 1.165) is 28.9 Å². The van der Waals surface area contributed by atoms with Gasteiger partial charge in [-0.2, -0.15) is 8.78 Å². The van der Waals surface area contributed by atoms with Crippen LogP contribution in [0.3, 0.4) is 0 Å².